The molecule has 0 fully saturated rings. The highest BCUT2D eigenvalue weighted by atomic mass is 16.3. The molecule has 0 bridgehead atoms. The fraction of sp³-hybridized carbons (Fsp3) is 0.556. The van der Waals surface area contributed by atoms with Gasteiger partial charge in [-0.1, -0.05) is 47.6 Å². The van der Waals surface area contributed by atoms with E-state index < -0.39 is 11.5 Å². The molecule has 1 aromatic rings. The summed E-state index contributed by atoms with van der Waals surface area (Å²) >= 11 is 0. The molecule has 5 nitrogen and oxygen atoms in total. The highest BCUT2D eigenvalue weighted by molar-refractivity contribution is 5.98. The van der Waals surface area contributed by atoms with E-state index in [2.05, 4.69) is 10.6 Å². The van der Waals surface area contributed by atoms with Gasteiger partial charge in [0.25, 0.3) is 5.91 Å². The number of anilines is 1. The number of hydrogen-bond donors (Lipinski definition) is 3. The van der Waals surface area contributed by atoms with E-state index in [1.807, 2.05) is 41.5 Å². The van der Waals surface area contributed by atoms with Crippen molar-refractivity contribution in [2.45, 2.75) is 47.6 Å². The van der Waals surface area contributed by atoms with Crippen LogP contribution in [0.3, 0.4) is 0 Å². The van der Waals surface area contributed by atoms with Gasteiger partial charge in [-0.3, -0.25) is 9.59 Å². The van der Waals surface area contributed by atoms with Gasteiger partial charge < -0.3 is 15.7 Å². The molecule has 5 heteroatoms. The van der Waals surface area contributed by atoms with Gasteiger partial charge in [-0.05, 0) is 23.6 Å². The number of carbonyl (C=O) groups is 2. The summed E-state index contributed by atoms with van der Waals surface area (Å²) in [6, 6.07) is 6.76. The lowest BCUT2D eigenvalue weighted by Crippen LogP contribution is -2.39. The molecule has 0 aliphatic carbocycles. The first-order valence-electron chi connectivity index (χ1n) is 7.79. The number of aliphatic hydroxyl groups excluding tert-OH is 1. The quantitative estimate of drug-likeness (QED) is 0.798. The zero-order chi connectivity index (χ0) is 17.8. The zero-order valence-electron chi connectivity index (χ0n) is 14.9. The second kappa shape index (κ2) is 7.13. The van der Waals surface area contributed by atoms with Crippen molar-refractivity contribution in [1.82, 2.24) is 5.32 Å². The molecular weight excluding hydrogens is 292 g/mol. The summed E-state index contributed by atoms with van der Waals surface area (Å²) in [5.41, 5.74) is 0.219. The number of carbonyl (C=O) groups excluding carboxylic acids is 2. The summed E-state index contributed by atoms with van der Waals surface area (Å²) in [5, 5.41) is 15.5. The Bertz CT molecular complexity index is 568. The van der Waals surface area contributed by atoms with Crippen LogP contribution in [0.4, 0.5) is 5.69 Å². The molecule has 0 spiro atoms. The number of amides is 2. The Morgan fingerprint density at radius 3 is 2.26 bits per heavy atom. The maximum absolute atomic E-state index is 12.2. The number of benzene rings is 1. The minimum Gasteiger partial charge on any atom is -0.391 e. The smallest absolute Gasteiger partial charge is 0.251 e. The number of nitrogens with one attached hydrogen (secondary N) is 2. The second-order valence-corrected chi connectivity index (χ2v) is 7.88. The molecule has 0 radical (unpaired) electrons. The minimum absolute atomic E-state index is 0.113. The Morgan fingerprint density at radius 1 is 1.13 bits per heavy atom. The van der Waals surface area contributed by atoms with Crippen molar-refractivity contribution in [1.29, 1.82) is 0 Å². The highest BCUT2D eigenvalue weighted by Gasteiger charge is 2.23. The third-order valence-corrected chi connectivity index (χ3v) is 3.52. The third kappa shape index (κ3) is 6.02. The van der Waals surface area contributed by atoms with Crippen LogP contribution in [0.2, 0.25) is 0 Å². The summed E-state index contributed by atoms with van der Waals surface area (Å²) in [4.78, 5) is 24.2. The summed E-state index contributed by atoms with van der Waals surface area (Å²) in [5.74, 6) is -0.390. The first kappa shape index (κ1) is 19.2. The largest absolute Gasteiger partial charge is 0.391 e. The SMILES string of the molecule is CC(C)(C)C(=O)Nc1cccc(C(=O)NCC(O)C(C)(C)C)c1. The Balaban J connectivity index is 2.73. The van der Waals surface area contributed by atoms with E-state index in [4.69, 9.17) is 0 Å². The Labute approximate surface area is 138 Å². The van der Waals surface area contributed by atoms with Crippen LogP contribution in [0.15, 0.2) is 24.3 Å². The third-order valence-electron chi connectivity index (χ3n) is 3.52. The summed E-state index contributed by atoms with van der Waals surface area (Å²) in [6.45, 7) is 11.4. The van der Waals surface area contributed by atoms with Crippen molar-refractivity contribution in [2.24, 2.45) is 10.8 Å². The van der Waals surface area contributed by atoms with Crippen molar-refractivity contribution in [3.63, 3.8) is 0 Å². The van der Waals surface area contributed by atoms with Crippen molar-refractivity contribution in [2.75, 3.05) is 11.9 Å². The van der Waals surface area contributed by atoms with Crippen LogP contribution >= 0.6 is 0 Å². The van der Waals surface area contributed by atoms with Crippen molar-refractivity contribution in [3.8, 4) is 0 Å². The second-order valence-electron chi connectivity index (χ2n) is 7.88. The van der Waals surface area contributed by atoms with Gasteiger partial charge in [0, 0.05) is 23.2 Å². The van der Waals surface area contributed by atoms with Gasteiger partial charge in [0.05, 0.1) is 6.10 Å². The molecule has 1 rings (SSSR count). The molecule has 1 atom stereocenters. The molecule has 0 aliphatic rings. The Hall–Kier alpha value is -1.88. The maximum Gasteiger partial charge on any atom is 0.251 e. The number of aliphatic hydroxyl groups is 1. The van der Waals surface area contributed by atoms with Crippen molar-refractivity contribution >= 4 is 17.5 Å². The van der Waals surface area contributed by atoms with Gasteiger partial charge >= 0.3 is 0 Å². The van der Waals surface area contributed by atoms with E-state index in [-0.39, 0.29) is 23.8 Å². The molecule has 1 aromatic carbocycles. The summed E-state index contributed by atoms with van der Waals surface area (Å²) in [7, 11) is 0. The highest BCUT2D eigenvalue weighted by Crippen LogP contribution is 2.19. The van der Waals surface area contributed by atoms with E-state index in [1.54, 1.807) is 24.3 Å². The van der Waals surface area contributed by atoms with Crippen LogP contribution in [0.1, 0.15) is 51.9 Å². The van der Waals surface area contributed by atoms with Crippen LogP contribution in [-0.4, -0.2) is 29.6 Å². The molecular formula is C18H28N2O3. The predicted molar refractivity (Wildman–Crippen MR) is 92.3 cm³/mol. The van der Waals surface area contributed by atoms with Gasteiger partial charge in [-0.15, -0.1) is 0 Å². The molecule has 1 unspecified atom stereocenters. The molecule has 0 heterocycles. The maximum atomic E-state index is 12.2. The van der Waals surface area contributed by atoms with E-state index in [0.717, 1.165) is 0 Å². The predicted octanol–water partition coefficient (Wildman–Crippen LogP) is 2.81. The summed E-state index contributed by atoms with van der Waals surface area (Å²) < 4.78 is 0. The lowest BCUT2D eigenvalue weighted by atomic mass is 9.89. The molecule has 2 amide bonds. The molecule has 128 valence electrons. The zero-order valence-corrected chi connectivity index (χ0v) is 14.9. The standard InChI is InChI=1S/C18H28N2O3/c1-17(2,3)14(21)11-19-15(22)12-8-7-9-13(10-12)20-16(23)18(4,5)6/h7-10,14,21H,11H2,1-6H3,(H,19,22)(H,20,23). The lowest BCUT2D eigenvalue weighted by molar-refractivity contribution is -0.123. The topological polar surface area (TPSA) is 78.4 Å². The number of hydrogen-bond acceptors (Lipinski definition) is 3. The van der Waals surface area contributed by atoms with Gasteiger partial charge in [0.1, 0.15) is 0 Å². The molecule has 23 heavy (non-hydrogen) atoms. The van der Waals surface area contributed by atoms with Gasteiger partial charge in [-0.2, -0.15) is 0 Å². The van der Waals surface area contributed by atoms with Crippen LogP contribution in [0.25, 0.3) is 0 Å². The molecule has 0 saturated heterocycles. The minimum atomic E-state index is -0.629. The fourth-order valence-corrected chi connectivity index (χ4v) is 1.65. The molecule has 0 saturated carbocycles. The van der Waals surface area contributed by atoms with Crippen molar-refractivity contribution < 1.29 is 14.7 Å². The van der Waals surface area contributed by atoms with Crippen LogP contribution in [0, 0.1) is 10.8 Å². The average molecular weight is 320 g/mol. The average Bonchev–Trinajstić information content (AvgIpc) is 2.42. The van der Waals surface area contributed by atoms with E-state index in [1.165, 1.54) is 0 Å². The van der Waals surface area contributed by atoms with E-state index in [0.29, 0.717) is 11.3 Å². The molecule has 0 aliphatic heterocycles. The van der Waals surface area contributed by atoms with Crippen LogP contribution in [-0.2, 0) is 4.79 Å². The molecule has 3 N–H and O–H groups in total. The first-order chi connectivity index (χ1) is 10.4. The van der Waals surface area contributed by atoms with Gasteiger partial charge in [0.15, 0.2) is 0 Å². The van der Waals surface area contributed by atoms with Crippen molar-refractivity contribution in [3.05, 3.63) is 29.8 Å². The normalized spacial score (nSPS) is 13.3. The van der Waals surface area contributed by atoms with Crippen LogP contribution in [0.5, 0.6) is 0 Å². The number of rotatable bonds is 4. The van der Waals surface area contributed by atoms with E-state index in [9.17, 15) is 14.7 Å². The Kier molecular flexibility index (Phi) is 5.94. The van der Waals surface area contributed by atoms with Crippen LogP contribution < -0.4 is 10.6 Å². The first-order valence-corrected chi connectivity index (χ1v) is 7.79. The van der Waals surface area contributed by atoms with Gasteiger partial charge in [0.2, 0.25) is 5.91 Å². The van der Waals surface area contributed by atoms with E-state index >= 15 is 0 Å². The fourth-order valence-electron chi connectivity index (χ4n) is 1.65. The summed E-state index contributed by atoms with van der Waals surface area (Å²) in [6.07, 6.45) is -0.629. The Morgan fingerprint density at radius 2 is 1.74 bits per heavy atom. The monoisotopic (exact) mass is 320 g/mol. The molecule has 0 aromatic heterocycles. The van der Waals surface area contributed by atoms with Gasteiger partial charge in [-0.25, -0.2) is 0 Å². The lowest BCUT2D eigenvalue weighted by Gasteiger charge is -2.25.